The van der Waals surface area contributed by atoms with Gasteiger partial charge >= 0.3 is 6.09 Å². The summed E-state index contributed by atoms with van der Waals surface area (Å²) >= 11 is 0. The van der Waals surface area contributed by atoms with Crippen LogP contribution in [0.4, 0.5) is 23.7 Å². The van der Waals surface area contributed by atoms with Gasteiger partial charge in [-0.15, -0.1) is 0 Å². The number of benzene rings is 1. The molecular formula is C21H24F3N3O4. The largest absolute Gasteiger partial charge is 0.489 e. The van der Waals surface area contributed by atoms with E-state index in [0.29, 0.717) is 25.3 Å². The molecule has 0 bridgehead atoms. The number of alkyl carbamates (subject to hydrolysis) is 1. The minimum Gasteiger partial charge on any atom is -0.489 e. The number of alkyl halides is 2. The number of carbonyl (C=O) groups is 1. The van der Waals surface area contributed by atoms with Crippen molar-refractivity contribution in [3.63, 3.8) is 0 Å². The monoisotopic (exact) mass is 439 g/mol. The third-order valence-corrected chi connectivity index (χ3v) is 4.87. The van der Waals surface area contributed by atoms with Gasteiger partial charge in [-0.2, -0.15) is 4.39 Å². The van der Waals surface area contributed by atoms with Crippen LogP contribution in [0, 0.1) is 5.82 Å². The molecule has 168 valence electrons. The molecule has 1 fully saturated rings. The van der Waals surface area contributed by atoms with Crippen molar-refractivity contribution in [3.8, 4) is 11.6 Å². The summed E-state index contributed by atoms with van der Waals surface area (Å²) < 4.78 is 54.6. The number of pyridine rings is 1. The molecule has 2 aromatic rings. The van der Waals surface area contributed by atoms with Crippen molar-refractivity contribution in [2.75, 3.05) is 31.7 Å². The van der Waals surface area contributed by atoms with Crippen molar-refractivity contribution in [1.29, 1.82) is 0 Å². The van der Waals surface area contributed by atoms with Gasteiger partial charge in [0.25, 0.3) is 12.3 Å². The number of anilines is 1. The topological polar surface area (TPSA) is 72.9 Å². The van der Waals surface area contributed by atoms with Crippen LogP contribution in [-0.2, 0) is 4.74 Å². The number of nitrogens with zero attached hydrogens (tertiary/aromatic N) is 2. The van der Waals surface area contributed by atoms with E-state index in [9.17, 15) is 18.0 Å². The Kier molecular flexibility index (Phi) is 7.43. The highest BCUT2D eigenvalue weighted by atomic mass is 19.3. The number of ether oxygens (including phenoxy) is 3. The number of amides is 1. The molecule has 7 nitrogen and oxygen atoms in total. The fraction of sp³-hybridized carbons (Fsp3) is 0.429. The Balaban J connectivity index is 1.58. The van der Waals surface area contributed by atoms with E-state index in [1.807, 2.05) is 19.1 Å². The number of rotatable bonds is 8. The van der Waals surface area contributed by atoms with Crippen molar-refractivity contribution < 1.29 is 32.2 Å². The molecule has 1 aliphatic rings. The minimum atomic E-state index is -2.71. The first-order chi connectivity index (χ1) is 14.9. The number of methoxy groups -OCH3 is 1. The second-order valence-electron chi connectivity index (χ2n) is 7.05. The average molecular weight is 439 g/mol. The first kappa shape index (κ1) is 22.5. The van der Waals surface area contributed by atoms with Crippen molar-refractivity contribution in [3.05, 3.63) is 47.9 Å². The summed E-state index contributed by atoms with van der Waals surface area (Å²) in [4.78, 5) is 16.8. The third kappa shape index (κ3) is 5.93. The maximum atomic E-state index is 14.6. The zero-order valence-corrected chi connectivity index (χ0v) is 17.2. The molecule has 10 heteroatoms. The van der Waals surface area contributed by atoms with Crippen molar-refractivity contribution in [2.45, 2.75) is 31.9 Å². The molecule has 31 heavy (non-hydrogen) atoms. The summed E-state index contributed by atoms with van der Waals surface area (Å²) in [7, 11) is 1.30. The van der Waals surface area contributed by atoms with Crippen LogP contribution in [0.15, 0.2) is 36.5 Å². The van der Waals surface area contributed by atoms with E-state index in [1.54, 1.807) is 17.0 Å². The van der Waals surface area contributed by atoms with Gasteiger partial charge in [-0.3, -0.25) is 0 Å². The molecule has 0 unspecified atom stereocenters. The Morgan fingerprint density at radius 2 is 2.03 bits per heavy atom. The smallest absolute Gasteiger partial charge is 0.407 e. The van der Waals surface area contributed by atoms with Crippen LogP contribution in [0.2, 0.25) is 0 Å². The second kappa shape index (κ2) is 10.2. The van der Waals surface area contributed by atoms with Gasteiger partial charge in [0.05, 0.1) is 25.4 Å². The van der Waals surface area contributed by atoms with Gasteiger partial charge in [0, 0.05) is 19.2 Å². The van der Waals surface area contributed by atoms with E-state index in [-0.39, 0.29) is 17.8 Å². The summed E-state index contributed by atoms with van der Waals surface area (Å²) in [6.07, 6.45) is -1.40. The maximum Gasteiger partial charge on any atom is 0.407 e. The van der Waals surface area contributed by atoms with Crippen LogP contribution in [0.3, 0.4) is 0 Å². The van der Waals surface area contributed by atoms with E-state index in [2.05, 4.69) is 15.0 Å². The minimum absolute atomic E-state index is 0.172. The standard InChI is InChI=1S/C21H24F3N3O4/c1-13(26-21(28)29-2)14-3-5-15(6-4-14)31-16-8-10-27(11-16)17-7-9-25-20(19(17)24)30-12-18(22)23/h3-7,9,13,16,18H,8,10-12H2,1-2H3,(H,26,28)/t13-,16+/m0/s1. The lowest BCUT2D eigenvalue weighted by Crippen LogP contribution is -2.26. The van der Waals surface area contributed by atoms with Gasteiger partial charge in [-0.25, -0.2) is 18.6 Å². The molecule has 1 N–H and O–H groups in total. The van der Waals surface area contributed by atoms with Crippen LogP contribution >= 0.6 is 0 Å². The van der Waals surface area contributed by atoms with Gasteiger partial charge < -0.3 is 24.4 Å². The predicted molar refractivity (Wildman–Crippen MR) is 107 cm³/mol. The summed E-state index contributed by atoms with van der Waals surface area (Å²) in [6.45, 7) is 1.89. The molecular weight excluding hydrogens is 415 g/mol. The van der Waals surface area contributed by atoms with E-state index in [4.69, 9.17) is 9.47 Å². The molecule has 0 aliphatic carbocycles. The SMILES string of the molecule is COC(=O)N[C@@H](C)c1ccc(O[C@@H]2CCN(c3ccnc(OCC(F)F)c3F)C2)cc1. The Labute approximate surface area is 178 Å². The van der Waals surface area contributed by atoms with Gasteiger partial charge in [-0.05, 0) is 30.7 Å². The quantitative estimate of drug-likeness (QED) is 0.672. The van der Waals surface area contributed by atoms with Crippen LogP contribution < -0.4 is 19.7 Å². The van der Waals surface area contributed by atoms with Crippen molar-refractivity contribution in [1.82, 2.24) is 10.3 Å². The highest BCUT2D eigenvalue weighted by Gasteiger charge is 2.27. The molecule has 1 saturated heterocycles. The fourth-order valence-corrected chi connectivity index (χ4v) is 3.29. The molecule has 2 heterocycles. The van der Waals surface area contributed by atoms with Crippen LogP contribution in [-0.4, -0.2) is 50.4 Å². The molecule has 2 atom stereocenters. The molecule has 0 saturated carbocycles. The number of nitrogens with one attached hydrogen (secondary N) is 1. The van der Waals surface area contributed by atoms with E-state index in [0.717, 1.165) is 5.56 Å². The summed E-state index contributed by atoms with van der Waals surface area (Å²) in [5.74, 6) is -0.551. The highest BCUT2D eigenvalue weighted by Crippen LogP contribution is 2.30. The number of aromatic nitrogens is 1. The molecule has 1 aromatic heterocycles. The van der Waals surface area contributed by atoms with Gasteiger partial charge in [-0.1, -0.05) is 12.1 Å². The van der Waals surface area contributed by atoms with Crippen molar-refractivity contribution in [2.24, 2.45) is 0 Å². The Bertz CT molecular complexity index is 883. The summed E-state index contributed by atoms with van der Waals surface area (Å²) in [6, 6.07) is 8.56. The Hall–Kier alpha value is -3.17. The number of halogens is 3. The lowest BCUT2D eigenvalue weighted by Gasteiger charge is -2.20. The number of hydrogen-bond donors (Lipinski definition) is 1. The Morgan fingerprint density at radius 1 is 1.29 bits per heavy atom. The summed E-state index contributed by atoms with van der Waals surface area (Å²) in [5, 5.41) is 2.69. The normalized spacial score (nSPS) is 16.8. The fourth-order valence-electron chi connectivity index (χ4n) is 3.29. The molecule has 0 spiro atoms. The van der Waals surface area contributed by atoms with Gasteiger partial charge in [0.1, 0.15) is 11.9 Å². The van der Waals surface area contributed by atoms with Gasteiger partial charge in [0.15, 0.2) is 6.61 Å². The van der Waals surface area contributed by atoms with Crippen LogP contribution in [0.5, 0.6) is 11.6 Å². The first-order valence-electron chi connectivity index (χ1n) is 9.79. The molecule has 1 aliphatic heterocycles. The van der Waals surface area contributed by atoms with E-state index < -0.39 is 30.8 Å². The van der Waals surface area contributed by atoms with Crippen LogP contribution in [0.1, 0.15) is 24.9 Å². The second-order valence-corrected chi connectivity index (χ2v) is 7.05. The van der Waals surface area contributed by atoms with E-state index in [1.165, 1.54) is 19.4 Å². The lowest BCUT2D eigenvalue weighted by atomic mass is 10.1. The zero-order valence-electron chi connectivity index (χ0n) is 17.2. The Morgan fingerprint density at radius 3 is 2.71 bits per heavy atom. The molecule has 3 rings (SSSR count). The lowest BCUT2D eigenvalue weighted by molar-refractivity contribution is 0.0774. The highest BCUT2D eigenvalue weighted by molar-refractivity contribution is 5.67. The van der Waals surface area contributed by atoms with Crippen LogP contribution in [0.25, 0.3) is 0 Å². The van der Waals surface area contributed by atoms with E-state index >= 15 is 0 Å². The first-order valence-corrected chi connectivity index (χ1v) is 9.79. The van der Waals surface area contributed by atoms with Crippen molar-refractivity contribution >= 4 is 11.8 Å². The number of carbonyl (C=O) groups excluding carboxylic acids is 1. The molecule has 0 radical (unpaired) electrons. The molecule has 1 amide bonds. The third-order valence-electron chi connectivity index (χ3n) is 4.87. The zero-order chi connectivity index (χ0) is 22.4. The maximum absolute atomic E-state index is 14.6. The predicted octanol–water partition coefficient (Wildman–Crippen LogP) is 3.94. The molecule has 1 aromatic carbocycles. The summed E-state index contributed by atoms with van der Waals surface area (Å²) in [5.41, 5.74) is 1.13. The van der Waals surface area contributed by atoms with Gasteiger partial charge in [0.2, 0.25) is 5.82 Å². The average Bonchev–Trinajstić information content (AvgIpc) is 3.21. The number of hydrogen-bond acceptors (Lipinski definition) is 6.